The van der Waals surface area contributed by atoms with Crippen LogP contribution in [0.2, 0.25) is 0 Å². The van der Waals surface area contributed by atoms with Crippen LogP contribution in [0.3, 0.4) is 0 Å². The minimum atomic E-state index is -1.61. The topological polar surface area (TPSA) is 87.9 Å². The molecule has 2 N–H and O–H groups in total. The third kappa shape index (κ3) is 5.31. The van der Waals surface area contributed by atoms with Gasteiger partial charge in [0.15, 0.2) is 0 Å². The molecule has 3 heterocycles. The highest BCUT2D eigenvalue weighted by molar-refractivity contribution is 5.86. The third-order valence-corrected chi connectivity index (χ3v) is 9.83. The zero-order valence-corrected chi connectivity index (χ0v) is 24.2. The van der Waals surface area contributed by atoms with E-state index >= 15 is 0 Å². The Hall–Kier alpha value is -2.74. The van der Waals surface area contributed by atoms with Gasteiger partial charge in [-0.2, -0.15) is 0 Å². The molecule has 3 aliphatic rings. The first-order valence-corrected chi connectivity index (χ1v) is 15.1. The first kappa shape index (κ1) is 28.8. The van der Waals surface area contributed by atoms with Crippen molar-refractivity contribution in [2.45, 2.75) is 102 Å². The van der Waals surface area contributed by atoms with Crippen molar-refractivity contribution in [1.82, 2.24) is 0 Å². The molecule has 216 valence electrons. The highest BCUT2D eigenvalue weighted by atomic mass is 16.7. The summed E-state index contributed by atoms with van der Waals surface area (Å²) in [4.78, 5) is 27.3. The Balaban J connectivity index is 1.44. The second kappa shape index (κ2) is 12.0. The number of hydrogen-bond acceptors (Lipinski definition) is 6. The second-order valence-electron chi connectivity index (χ2n) is 12.1. The largest absolute Gasteiger partial charge is 0.459 e. The van der Waals surface area contributed by atoms with E-state index in [-0.39, 0.29) is 12.0 Å². The van der Waals surface area contributed by atoms with Crippen molar-refractivity contribution in [2.75, 3.05) is 13.1 Å². The van der Waals surface area contributed by atoms with Gasteiger partial charge < -0.3 is 24.4 Å². The molecule has 0 saturated carbocycles. The van der Waals surface area contributed by atoms with Crippen LogP contribution >= 0.6 is 0 Å². The van der Waals surface area contributed by atoms with Gasteiger partial charge in [0.1, 0.15) is 12.1 Å². The molecule has 5 atom stereocenters. The van der Waals surface area contributed by atoms with Crippen LogP contribution in [0.15, 0.2) is 60.7 Å². The third-order valence-electron chi connectivity index (χ3n) is 9.83. The Morgan fingerprint density at radius 1 is 0.925 bits per heavy atom. The first-order chi connectivity index (χ1) is 19.3. The molecule has 3 fully saturated rings. The quantitative estimate of drug-likeness (QED) is 0.253. The van der Waals surface area contributed by atoms with E-state index in [1.54, 1.807) is 6.92 Å². The zero-order chi connectivity index (χ0) is 28.3. The van der Waals surface area contributed by atoms with Gasteiger partial charge in [0.25, 0.3) is 0 Å². The molecule has 2 aromatic carbocycles. The number of quaternary nitrogens is 1. The van der Waals surface area contributed by atoms with E-state index in [1.807, 2.05) is 74.5 Å². The van der Waals surface area contributed by atoms with Gasteiger partial charge in [-0.25, -0.2) is 4.79 Å². The summed E-state index contributed by atoms with van der Waals surface area (Å²) < 4.78 is 19.9. The number of ether oxygens (including phenoxy) is 3. The fraction of sp³-hybridized carbons (Fsp3) is 0.576. The van der Waals surface area contributed by atoms with Crippen molar-refractivity contribution in [2.24, 2.45) is 11.7 Å². The average molecular weight is 550 g/mol. The lowest BCUT2D eigenvalue weighted by Gasteiger charge is -2.47. The minimum absolute atomic E-state index is 0.0408. The van der Waals surface area contributed by atoms with Crippen molar-refractivity contribution in [3.05, 3.63) is 71.8 Å². The highest BCUT2D eigenvalue weighted by Crippen LogP contribution is 2.47. The van der Waals surface area contributed by atoms with Gasteiger partial charge in [0.2, 0.25) is 11.9 Å². The number of rotatable bonds is 10. The molecule has 5 rings (SSSR count). The summed E-state index contributed by atoms with van der Waals surface area (Å²) >= 11 is 0. The summed E-state index contributed by atoms with van der Waals surface area (Å²) in [6.45, 7) is 8.06. The first-order valence-electron chi connectivity index (χ1n) is 15.1. The van der Waals surface area contributed by atoms with Crippen LogP contribution in [-0.4, -0.2) is 60.0 Å². The molecule has 3 saturated heterocycles. The van der Waals surface area contributed by atoms with Crippen molar-refractivity contribution in [1.29, 1.82) is 0 Å². The van der Waals surface area contributed by atoms with E-state index in [9.17, 15) is 9.59 Å². The van der Waals surface area contributed by atoms with Crippen LogP contribution in [0.1, 0.15) is 76.8 Å². The van der Waals surface area contributed by atoms with Gasteiger partial charge in [0.05, 0.1) is 25.2 Å². The normalized spacial score (nSPS) is 25.8. The zero-order valence-electron chi connectivity index (χ0n) is 24.2. The second-order valence-corrected chi connectivity index (χ2v) is 12.1. The van der Waals surface area contributed by atoms with Gasteiger partial charge in [0, 0.05) is 38.5 Å². The maximum atomic E-state index is 14.5. The molecule has 2 aromatic rings. The van der Waals surface area contributed by atoms with E-state index < -0.39 is 29.9 Å². The molecule has 0 aromatic heterocycles. The van der Waals surface area contributed by atoms with E-state index in [0.29, 0.717) is 23.2 Å². The lowest BCUT2D eigenvalue weighted by molar-refractivity contribution is -0.956. The summed E-state index contributed by atoms with van der Waals surface area (Å²) in [5.74, 6) is -1.06. The van der Waals surface area contributed by atoms with Crippen LogP contribution in [-0.2, 0) is 29.4 Å². The summed E-state index contributed by atoms with van der Waals surface area (Å²) in [5.41, 5.74) is 5.79. The number of hydrogen-bond donors (Lipinski definition) is 1. The summed E-state index contributed by atoms with van der Waals surface area (Å²) in [6.07, 6.45) is 6.33. The summed E-state index contributed by atoms with van der Waals surface area (Å²) in [6, 6.07) is 19.1. The molecule has 7 nitrogen and oxygen atoms in total. The molecular formula is C33H45N2O5+. The molecule has 0 amide bonds. The van der Waals surface area contributed by atoms with E-state index in [0.717, 1.165) is 19.3 Å². The number of esters is 2. The van der Waals surface area contributed by atoms with Gasteiger partial charge >= 0.3 is 11.9 Å². The Bertz CT molecular complexity index is 1090. The molecule has 7 heteroatoms. The molecule has 0 radical (unpaired) electrons. The van der Waals surface area contributed by atoms with Crippen LogP contribution in [0.5, 0.6) is 0 Å². The molecule has 0 aliphatic carbocycles. The molecule has 2 bridgehead atoms. The maximum absolute atomic E-state index is 14.5. The number of nitrogens with zero attached hydrogens (tertiary/aromatic N) is 1. The highest BCUT2D eigenvalue weighted by Gasteiger charge is 2.57. The van der Waals surface area contributed by atoms with Crippen LogP contribution in [0.25, 0.3) is 0 Å². The monoisotopic (exact) mass is 549 g/mol. The van der Waals surface area contributed by atoms with Gasteiger partial charge in [-0.3, -0.25) is 4.79 Å². The molecule has 1 spiro atoms. The Kier molecular flexibility index (Phi) is 8.64. The molecule has 3 unspecified atom stereocenters. The SMILES string of the molecule is CC[C@H](C)[C@H](N)C(=O)OC(C)OC(C(=O)OC1CC2CCC(C1)[N+]21CCCC1)(c1ccccc1)c1ccccc1. The Labute approximate surface area is 238 Å². The fourth-order valence-corrected chi connectivity index (χ4v) is 7.47. The predicted molar refractivity (Wildman–Crippen MR) is 153 cm³/mol. The lowest BCUT2D eigenvalue weighted by atomic mass is 9.85. The van der Waals surface area contributed by atoms with E-state index in [1.165, 1.54) is 43.3 Å². The lowest BCUT2D eigenvalue weighted by Crippen LogP contribution is -2.60. The number of carbonyl (C=O) groups excluding carboxylic acids is 2. The van der Waals surface area contributed by atoms with Crippen molar-refractivity contribution in [3.8, 4) is 0 Å². The van der Waals surface area contributed by atoms with E-state index in [2.05, 4.69) is 0 Å². The van der Waals surface area contributed by atoms with E-state index in [4.69, 9.17) is 19.9 Å². The van der Waals surface area contributed by atoms with Gasteiger partial charge in [-0.05, 0) is 24.0 Å². The summed E-state index contributed by atoms with van der Waals surface area (Å²) in [5, 5.41) is 0. The van der Waals surface area contributed by atoms with Crippen molar-refractivity contribution in [3.63, 3.8) is 0 Å². The van der Waals surface area contributed by atoms with Crippen LogP contribution < -0.4 is 5.73 Å². The molecule has 3 aliphatic heterocycles. The molecule has 40 heavy (non-hydrogen) atoms. The summed E-state index contributed by atoms with van der Waals surface area (Å²) in [7, 11) is 0. The van der Waals surface area contributed by atoms with Crippen molar-refractivity contribution >= 4 is 11.9 Å². The smallest absolute Gasteiger partial charge is 0.348 e. The average Bonchev–Trinajstić information content (AvgIpc) is 3.52. The van der Waals surface area contributed by atoms with Crippen molar-refractivity contribution < 1.29 is 28.3 Å². The Morgan fingerprint density at radius 3 is 1.95 bits per heavy atom. The van der Waals surface area contributed by atoms with Gasteiger partial charge in [-0.15, -0.1) is 0 Å². The number of nitrogens with two attached hydrogens (primary N) is 1. The Morgan fingerprint density at radius 2 is 1.45 bits per heavy atom. The predicted octanol–water partition coefficient (Wildman–Crippen LogP) is 5.06. The maximum Gasteiger partial charge on any atom is 0.348 e. The standard InChI is InChI=1S/C33H45N2O5/c1-4-23(2)30(34)31(36)38-24(3)40-33(25-13-7-5-8-14-25,26-15-9-6-10-16-26)32(37)39-29-21-27-17-18-28(22-29)35(27)19-11-12-20-35/h5-10,13-16,23-24,27-30H,4,11-12,17-22,34H2,1-3H3/q+1/t23-,24?,27?,28?,29?,30-/m0/s1. The number of piperidine rings is 1. The van der Waals surface area contributed by atoms with Crippen LogP contribution in [0.4, 0.5) is 0 Å². The fourth-order valence-electron chi connectivity index (χ4n) is 7.47. The molecular weight excluding hydrogens is 504 g/mol. The number of benzene rings is 2. The van der Waals surface area contributed by atoms with Crippen LogP contribution in [0, 0.1) is 5.92 Å². The number of carbonyl (C=O) groups is 2. The minimum Gasteiger partial charge on any atom is -0.459 e. The van der Waals surface area contributed by atoms with Gasteiger partial charge in [-0.1, -0.05) is 80.9 Å².